The van der Waals surface area contributed by atoms with Gasteiger partial charge in [-0.1, -0.05) is 13.8 Å². The molecule has 0 rings (SSSR count). The summed E-state index contributed by atoms with van der Waals surface area (Å²) < 4.78 is 9.79. The first-order chi connectivity index (χ1) is 7.53. The van der Waals surface area contributed by atoms with Gasteiger partial charge in [0.15, 0.2) is 0 Å². The van der Waals surface area contributed by atoms with Crippen molar-refractivity contribution in [3.63, 3.8) is 0 Å². The van der Waals surface area contributed by atoms with Crippen LogP contribution in [0.5, 0.6) is 0 Å². The Morgan fingerprint density at radius 2 is 1.75 bits per heavy atom. The van der Waals surface area contributed by atoms with Crippen molar-refractivity contribution in [1.29, 1.82) is 0 Å². The Bertz CT molecular complexity index is 255. The molecule has 0 aliphatic heterocycles. The van der Waals surface area contributed by atoms with E-state index in [2.05, 4.69) is 0 Å². The van der Waals surface area contributed by atoms with Gasteiger partial charge in [-0.05, 0) is 19.8 Å². The van der Waals surface area contributed by atoms with Crippen molar-refractivity contribution in [2.75, 3.05) is 6.61 Å². The number of aldehydes is 1. The maximum absolute atomic E-state index is 11.3. The molecule has 0 saturated heterocycles. The van der Waals surface area contributed by atoms with E-state index in [1.54, 1.807) is 20.8 Å². The Morgan fingerprint density at radius 3 is 2.12 bits per heavy atom. The predicted molar refractivity (Wildman–Crippen MR) is 56.7 cm³/mol. The van der Waals surface area contributed by atoms with Crippen LogP contribution in [0.4, 0.5) is 0 Å². The second-order valence-electron chi connectivity index (χ2n) is 3.41. The first-order valence-corrected chi connectivity index (χ1v) is 5.37. The zero-order valence-electron chi connectivity index (χ0n) is 9.95. The average Bonchev–Trinajstić information content (AvgIpc) is 2.28. The lowest BCUT2D eigenvalue weighted by Gasteiger charge is -2.29. The lowest BCUT2D eigenvalue weighted by molar-refractivity contribution is -0.168. The molecule has 5 nitrogen and oxygen atoms in total. The fraction of sp³-hybridized carbons (Fsp3) is 0.727. The van der Waals surface area contributed by atoms with E-state index in [1.165, 1.54) is 0 Å². The smallest absolute Gasteiger partial charge is 0.371 e. The third-order valence-electron chi connectivity index (χ3n) is 2.47. The van der Waals surface area contributed by atoms with Crippen LogP contribution >= 0.6 is 0 Å². The van der Waals surface area contributed by atoms with E-state index in [4.69, 9.17) is 9.47 Å². The minimum atomic E-state index is -0.951. The molecule has 0 aromatic carbocycles. The lowest BCUT2D eigenvalue weighted by Crippen LogP contribution is -2.37. The van der Waals surface area contributed by atoms with Gasteiger partial charge in [-0.25, -0.2) is 4.79 Å². The molecule has 0 aromatic rings. The first kappa shape index (κ1) is 14.6. The average molecular weight is 230 g/mol. The monoisotopic (exact) mass is 230 g/mol. The Kier molecular flexibility index (Phi) is 6.37. The summed E-state index contributed by atoms with van der Waals surface area (Å²) in [7, 11) is 0. The van der Waals surface area contributed by atoms with Crippen LogP contribution in [0.1, 0.15) is 40.0 Å². The SMILES string of the molecule is CCOC(=O)CC(CC)(CC)OC(=O)C=O. The summed E-state index contributed by atoms with van der Waals surface area (Å²) in [6, 6.07) is 0. The summed E-state index contributed by atoms with van der Waals surface area (Å²) in [6.07, 6.45) is 1.00. The van der Waals surface area contributed by atoms with Gasteiger partial charge in [0.2, 0.25) is 6.29 Å². The first-order valence-electron chi connectivity index (χ1n) is 5.37. The van der Waals surface area contributed by atoms with Crippen molar-refractivity contribution in [3.05, 3.63) is 0 Å². The van der Waals surface area contributed by atoms with Crippen molar-refractivity contribution in [2.24, 2.45) is 0 Å². The van der Waals surface area contributed by atoms with Gasteiger partial charge in [0, 0.05) is 0 Å². The van der Waals surface area contributed by atoms with Gasteiger partial charge in [0.05, 0.1) is 13.0 Å². The van der Waals surface area contributed by atoms with Crippen LogP contribution in [0.25, 0.3) is 0 Å². The molecule has 0 heterocycles. The topological polar surface area (TPSA) is 69.7 Å². The summed E-state index contributed by atoms with van der Waals surface area (Å²) in [5, 5.41) is 0. The highest BCUT2D eigenvalue weighted by Gasteiger charge is 2.33. The van der Waals surface area contributed by atoms with E-state index in [0.29, 0.717) is 12.8 Å². The maximum atomic E-state index is 11.3. The summed E-state index contributed by atoms with van der Waals surface area (Å²) in [6.45, 7) is 5.57. The second kappa shape index (κ2) is 6.98. The Morgan fingerprint density at radius 1 is 1.19 bits per heavy atom. The van der Waals surface area contributed by atoms with Crippen LogP contribution in [0.15, 0.2) is 0 Å². The molecular weight excluding hydrogens is 212 g/mol. The number of rotatable bonds is 7. The van der Waals surface area contributed by atoms with Crippen molar-refractivity contribution >= 4 is 18.2 Å². The second-order valence-corrected chi connectivity index (χ2v) is 3.41. The number of hydrogen-bond donors (Lipinski definition) is 0. The van der Waals surface area contributed by atoms with E-state index in [-0.39, 0.29) is 19.3 Å². The number of carbonyl (C=O) groups excluding carboxylic acids is 3. The van der Waals surface area contributed by atoms with Crippen LogP contribution in [0, 0.1) is 0 Å². The molecule has 0 bridgehead atoms. The molecule has 0 amide bonds. The molecule has 0 fully saturated rings. The van der Waals surface area contributed by atoms with E-state index in [1.807, 2.05) is 0 Å². The maximum Gasteiger partial charge on any atom is 0.371 e. The van der Waals surface area contributed by atoms with Crippen molar-refractivity contribution in [2.45, 2.75) is 45.6 Å². The zero-order chi connectivity index (χ0) is 12.6. The Hall–Kier alpha value is -1.39. The predicted octanol–water partition coefficient (Wildman–Crippen LogP) is 1.24. The van der Waals surface area contributed by atoms with E-state index in [9.17, 15) is 14.4 Å². The molecule has 0 aliphatic rings. The van der Waals surface area contributed by atoms with Crippen LogP contribution in [0.2, 0.25) is 0 Å². The number of carbonyl (C=O) groups is 3. The zero-order valence-corrected chi connectivity index (χ0v) is 9.95. The third-order valence-corrected chi connectivity index (χ3v) is 2.47. The normalized spacial score (nSPS) is 10.7. The molecule has 0 aromatic heterocycles. The van der Waals surface area contributed by atoms with Gasteiger partial charge in [-0.2, -0.15) is 0 Å². The molecule has 16 heavy (non-hydrogen) atoms. The fourth-order valence-electron chi connectivity index (χ4n) is 1.39. The molecule has 0 saturated carbocycles. The van der Waals surface area contributed by atoms with E-state index in [0.717, 1.165) is 0 Å². The molecule has 0 spiro atoms. The molecular formula is C11H18O5. The van der Waals surface area contributed by atoms with Crippen LogP contribution in [-0.2, 0) is 23.9 Å². The Balaban J connectivity index is 4.60. The highest BCUT2D eigenvalue weighted by molar-refractivity contribution is 6.20. The van der Waals surface area contributed by atoms with E-state index < -0.39 is 17.5 Å². The number of hydrogen-bond acceptors (Lipinski definition) is 5. The van der Waals surface area contributed by atoms with Crippen molar-refractivity contribution in [3.8, 4) is 0 Å². The van der Waals surface area contributed by atoms with Crippen molar-refractivity contribution in [1.82, 2.24) is 0 Å². The molecule has 0 unspecified atom stereocenters. The standard InChI is InChI=1S/C11H18O5/c1-4-11(5-2,16-10(14)8-12)7-9(13)15-6-3/h8H,4-7H2,1-3H3. The largest absolute Gasteiger partial charge is 0.466 e. The molecule has 0 atom stereocenters. The summed E-state index contributed by atoms with van der Waals surface area (Å²) >= 11 is 0. The molecule has 0 N–H and O–H groups in total. The van der Waals surface area contributed by atoms with Crippen LogP contribution < -0.4 is 0 Å². The fourth-order valence-corrected chi connectivity index (χ4v) is 1.39. The number of esters is 2. The van der Waals surface area contributed by atoms with Gasteiger partial charge >= 0.3 is 11.9 Å². The molecule has 0 radical (unpaired) electrons. The van der Waals surface area contributed by atoms with Gasteiger partial charge in [-0.3, -0.25) is 9.59 Å². The minimum Gasteiger partial charge on any atom is -0.466 e. The van der Waals surface area contributed by atoms with Gasteiger partial charge in [0.1, 0.15) is 5.60 Å². The van der Waals surface area contributed by atoms with Crippen LogP contribution in [0.3, 0.4) is 0 Å². The van der Waals surface area contributed by atoms with Gasteiger partial charge in [-0.15, -0.1) is 0 Å². The molecule has 92 valence electrons. The number of ether oxygens (including phenoxy) is 2. The third kappa shape index (κ3) is 4.42. The van der Waals surface area contributed by atoms with Gasteiger partial charge < -0.3 is 9.47 Å². The minimum absolute atomic E-state index is 0.0204. The highest BCUT2D eigenvalue weighted by Crippen LogP contribution is 2.25. The molecule has 5 heteroatoms. The Labute approximate surface area is 95.1 Å². The summed E-state index contributed by atoms with van der Waals surface area (Å²) in [5.41, 5.74) is -0.926. The lowest BCUT2D eigenvalue weighted by atomic mass is 9.93. The highest BCUT2D eigenvalue weighted by atomic mass is 16.6. The quantitative estimate of drug-likeness (QED) is 0.374. The van der Waals surface area contributed by atoms with Gasteiger partial charge in [0.25, 0.3) is 0 Å². The van der Waals surface area contributed by atoms with E-state index >= 15 is 0 Å². The van der Waals surface area contributed by atoms with Crippen LogP contribution in [-0.4, -0.2) is 30.4 Å². The van der Waals surface area contributed by atoms with Crippen molar-refractivity contribution < 1.29 is 23.9 Å². The molecule has 0 aliphatic carbocycles. The summed E-state index contributed by atoms with van der Waals surface area (Å²) in [4.78, 5) is 32.5. The summed E-state index contributed by atoms with van der Waals surface area (Å²) in [5.74, 6) is -1.38.